The third-order valence-corrected chi connectivity index (χ3v) is 4.99. The maximum absolute atomic E-state index is 12.2. The Labute approximate surface area is 126 Å². The predicted octanol–water partition coefficient (Wildman–Crippen LogP) is 0.441. The molecule has 6 nitrogen and oxygen atoms in total. The zero-order chi connectivity index (χ0) is 15.0. The average Bonchev–Trinajstić information content (AvgIpc) is 3.06. The Balaban J connectivity index is 1.78. The van der Waals surface area contributed by atoms with Gasteiger partial charge in [0.15, 0.2) is 0 Å². The maximum Gasteiger partial charge on any atom is 0.267 e. The van der Waals surface area contributed by atoms with Crippen LogP contribution >= 0.6 is 11.8 Å². The highest BCUT2D eigenvalue weighted by molar-refractivity contribution is 8.14. The first-order chi connectivity index (χ1) is 10.1. The van der Waals surface area contributed by atoms with Crippen LogP contribution in [-0.4, -0.2) is 32.6 Å². The number of rotatable bonds is 3. The minimum atomic E-state index is -0.707. The SMILES string of the molecule is C[C@H](C(=O)N[C@@H]1CCSC1=O)n1nc2c(cc1=O)CCC2. The molecule has 7 heteroatoms. The molecule has 1 aromatic rings. The second-order valence-electron chi connectivity index (χ2n) is 5.45. The number of hydrogen-bond donors (Lipinski definition) is 1. The number of nitrogens with zero attached hydrogens (tertiary/aromatic N) is 2. The van der Waals surface area contributed by atoms with Gasteiger partial charge in [0, 0.05) is 11.8 Å². The lowest BCUT2D eigenvalue weighted by Gasteiger charge is -2.17. The summed E-state index contributed by atoms with van der Waals surface area (Å²) < 4.78 is 1.23. The van der Waals surface area contributed by atoms with Gasteiger partial charge in [-0.2, -0.15) is 5.10 Å². The van der Waals surface area contributed by atoms with Crippen molar-refractivity contribution in [1.29, 1.82) is 0 Å². The summed E-state index contributed by atoms with van der Waals surface area (Å²) in [4.78, 5) is 35.9. The molecule has 2 heterocycles. The lowest BCUT2D eigenvalue weighted by atomic mass is 10.2. The number of hydrogen-bond acceptors (Lipinski definition) is 5. The van der Waals surface area contributed by atoms with Crippen LogP contribution in [0.25, 0.3) is 0 Å². The van der Waals surface area contributed by atoms with Gasteiger partial charge >= 0.3 is 0 Å². The summed E-state index contributed by atoms with van der Waals surface area (Å²) in [6, 6.07) is 0.437. The number of fused-ring (bicyclic) bond motifs is 1. The van der Waals surface area contributed by atoms with Crippen molar-refractivity contribution in [2.45, 2.75) is 44.7 Å². The van der Waals surface area contributed by atoms with E-state index in [1.54, 1.807) is 13.0 Å². The molecule has 0 aromatic carbocycles. The third kappa shape index (κ3) is 2.74. The smallest absolute Gasteiger partial charge is 0.267 e. The molecule has 0 bridgehead atoms. The average molecular weight is 307 g/mol. The molecule has 0 spiro atoms. The molecule has 0 radical (unpaired) electrons. The van der Waals surface area contributed by atoms with Crippen molar-refractivity contribution in [2.24, 2.45) is 0 Å². The van der Waals surface area contributed by atoms with E-state index in [1.165, 1.54) is 16.4 Å². The van der Waals surface area contributed by atoms with Gasteiger partial charge in [0.05, 0.1) is 11.7 Å². The van der Waals surface area contributed by atoms with E-state index < -0.39 is 12.1 Å². The summed E-state index contributed by atoms with van der Waals surface area (Å²) in [5.74, 6) is 0.401. The molecule has 0 unspecified atom stereocenters. The van der Waals surface area contributed by atoms with Crippen LogP contribution in [-0.2, 0) is 22.4 Å². The summed E-state index contributed by atoms with van der Waals surface area (Å²) in [7, 11) is 0. The Morgan fingerprint density at radius 3 is 3.00 bits per heavy atom. The molecule has 1 saturated heterocycles. The number of thioether (sulfide) groups is 1. The minimum absolute atomic E-state index is 0.00944. The Morgan fingerprint density at radius 1 is 1.48 bits per heavy atom. The maximum atomic E-state index is 12.2. The lowest BCUT2D eigenvalue weighted by molar-refractivity contribution is -0.127. The number of amides is 1. The van der Waals surface area contributed by atoms with Gasteiger partial charge in [0.2, 0.25) is 11.0 Å². The first-order valence-electron chi connectivity index (χ1n) is 7.15. The number of carbonyl (C=O) groups excluding carboxylic acids is 2. The molecule has 21 heavy (non-hydrogen) atoms. The molecule has 1 aliphatic carbocycles. The molecule has 0 saturated carbocycles. The van der Waals surface area contributed by atoms with Crippen LogP contribution in [0.3, 0.4) is 0 Å². The zero-order valence-electron chi connectivity index (χ0n) is 11.8. The van der Waals surface area contributed by atoms with Crippen LogP contribution in [0, 0.1) is 0 Å². The molecule has 1 fully saturated rings. The van der Waals surface area contributed by atoms with E-state index in [0.717, 1.165) is 36.3 Å². The summed E-state index contributed by atoms with van der Waals surface area (Å²) in [6.07, 6.45) is 3.38. The van der Waals surface area contributed by atoms with Gasteiger partial charge in [-0.1, -0.05) is 11.8 Å². The van der Waals surface area contributed by atoms with E-state index in [9.17, 15) is 14.4 Å². The Kier molecular flexibility index (Phi) is 3.84. The number of carbonyl (C=O) groups is 2. The van der Waals surface area contributed by atoms with E-state index in [2.05, 4.69) is 10.4 Å². The van der Waals surface area contributed by atoms with Crippen LogP contribution in [0.15, 0.2) is 10.9 Å². The topological polar surface area (TPSA) is 81.1 Å². The largest absolute Gasteiger partial charge is 0.343 e. The molecule has 2 atom stereocenters. The molecule has 112 valence electrons. The third-order valence-electron chi connectivity index (χ3n) is 3.98. The molecule has 1 aromatic heterocycles. The first-order valence-corrected chi connectivity index (χ1v) is 8.13. The number of nitrogens with one attached hydrogen (secondary N) is 1. The van der Waals surface area contributed by atoms with E-state index in [0.29, 0.717) is 6.42 Å². The van der Waals surface area contributed by atoms with Crippen molar-refractivity contribution in [3.8, 4) is 0 Å². The van der Waals surface area contributed by atoms with Crippen molar-refractivity contribution >= 4 is 22.8 Å². The molecular formula is C14H17N3O3S. The molecule has 1 aliphatic heterocycles. The summed E-state index contributed by atoms with van der Waals surface area (Å²) in [5.41, 5.74) is 1.64. The summed E-state index contributed by atoms with van der Waals surface area (Å²) in [6.45, 7) is 1.64. The van der Waals surface area contributed by atoms with E-state index >= 15 is 0 Å². The lowest BCUT2D eigenvalue weighted by Crippen LogP contribution is -2.43. The standard InChI is InChI=1S/C14H17N3O3S/c1-8(13(19)15-11-5-6-21-14(11)20)17-12(18)7-9-3-2-4-10(9)16-17/h7-8,11H,2-6H2,1H3,(H,15,19)/t8-,11-/m1/s1. The fourth-order valence-corrected chi connectivity index (χ4v) is 3.66. The quantitative estimate of drug-likeness (QED) is 0.876. The van der Waals surface area contributed by atoms with Gasteiger partial charge in [0.1, 0.15) is 6.04 Å². The second kappa shape index (κ2) is 5.63. The van der Waals surface area contributed by atoms with E-state index in [1.807, 2.05) is 0 Å². The Hall–Kier alpha value is -1.63. The Morgan fingerprint density at radius 2 is 2.29 bits per heavy atom. The van der Waals surface area contributed by atoms with Gasteiger partial charge in [-0.3, -0.25) is 14.4 Å². The van der Waals surface area contributed by atoms with E-state index in [-0.39, 0.29) is 16.6 Å². The van der Waals surface area contributed by atoms with Crippen LogP contribution in [0.5, 0.6) is 0 Å². The fourth-order valence-electron chi connectivity index (χ4n) is 2.72. The van der Waals surface area contributed by atoms with Crippen molar-refractivity contribution in [3.05, 3.63) is 27.7 Å². The zero-order valence-corrected chi connectivity index (χ0v) is 12.6. The number of aryl methyl sites for hydroxylation is 2. The Bertz CT molecular complexity index is 655. The highest BCUT2D eigenvalue weighted by atomic mass is 32.2. The van der Waals surface area contributed by atoms with E-state index in [4.69, 9.17) is 0 Å². The van der Waals surface area contributed by atoms with Crippen LogP contribution in [0.2, 0.25) is 0 Å². The van der Waals surface area contributed by atoms with Crippen molar-refractivity contribution in [2.75, 3.05) is 5.75 Å². The molecule has 2 aliphatic rings. The second-order valence-corrected chi connectivity index (χ2v) is 6.55. The number of aromatic nitrogens is 2. The molecular weight excluding hydrogens is 290 g/mol. The highest BCUT2D eigenvalue weighted by Crippen LogP contribution is 2.20. The summed E-state index contributed by atoms with van der Waals surface area (Å²) in [5, 5.41) is 7.02. The molecule has 1 N–H and O–H groups in total. The van der Waals surface area contributed by atoms with Crippen LogP contribution in [0.4, 0.5) is 0 Å². The van der Waals surface area contributed by atoms with Crippen molar-refractivity contribution < 1.29 is 9.59 Å². The van der Waals surface area contributed by atoms with Gasteiger partial charge in [-0.05, 0) is 38.2 Å². The fraction of sp³-hybridized carbons (Fsp3) is 0.571. The molecule has 1 amide bonds. The first kappa shape index (κ1) is 14.3. The monoisotopic (exact) mass is 307 g/mol. The van der Waals surface area contributed by atoms with Crippen LogP contribution in [0.1, 0.15) is 37.1 Å². The molecule has 3 rings (SSSR count). The highest BCUT2D eigenvalue weighted by Gasteiger charge is 2.29. The van der Waals surface area contributed by atoms with Crippen molar-refractivity contribution in [1.82, 2.24) is 15.1 Å². The minimum Gasteiger partial charge on any atom is -0.343 e. The van der Waals surface area contributed by atoms with Gasteiger partial charge < -0.3 is 5.32 Å². The predicted molar refractivity (Wildman–Crippen MR) is 79.2 cm³/mol. The van der Waals surface area contributed by atoms with Gasteiger partial charge in [-0.15, -0.1) is 0 Å². The summed E-state index contributed by atoms with van der Waals surface area (Å²) >= 11 is 1.24. The van der Waals surface area contributed by atoms with Gasteiger partial charge in [-0.25, -0.2) is 4.68 Å². The van der Waals surface area contributed by atoms with Crippen molar-refractivity contribution in [3.63, 3.8) is 0 Å². The normalized spacial score (nSPS) is 22.1. The van der Waals surface area contributed by atoms with Gasteiger partial charge in [0.25, 0.3) is 5.56 Å². The van der Waals surface area contributed by atoms with Crippen LogP contribution < -0.4 is 10.9 Å².